The molecule has 1 aliphatic rings. The van der Waals surface area contributed by atoms with Crippen molar-refractivity contribution in [3.8, 4) is 6.01 Å². The van der Waals surface area contributed by atoms with Gasteiger partial charge in [0.15, 0.2) is 0 Å². The van der Waals surface area contributed by atoms with E-state index in [9.17, 15) is 0 Å². The van der Waals surface area contributed by atoms with E-state index < -0.39 is 0 Å². The highest BCUT2D eigenvalue weighted by molar-refractivity contribution is 5.15. The number of ether oxygens (including phenoxy) is 1. The Balaban J connectivity index is 2.15. The van der Waals surface area contributed by atoms with Crippen molar-refractivity contribution in [1.29, 1.82) is 0 Å². The Morgan fingerprint density at radius 1 is 1.40 bits per heavy atom. The molecule has 0 spiro atoms. The number of rotatable bonds is 3. The van der Waals surface area contributed by atoms with Crippen LogP contribution in [0.25, 0.3) is 0 Å². The van der Waals surface area contributed by atoms with Crippen molar-refractivity contribution in [2.24, 2.45) is 0 Å². The van der Waals surface area contributed by atoms with Crippen LogP contribution in [0.5, 0.6) is 6.01 Å². The third-order valence-corrected chi connectivity index (χ3v) is 2.46. The van der Waals surface area contributed by atoms with Crippen LogP contribution in [-0.2, 0) is 0 Å². The van der Waals surface area contributed by atoms with Crippen LogP contribution in [-0.4, -0.2) is 29.2 Å². The van der Waals surface area contributed by atoms with Crippen LogP contribution in [0.3, 0.4) is 0 Å². The quantitative estimate of drug-likeness (QED) is 0.810. The van der Waals surface area contributed by atoms with Crippen LogP contribution in [0.15, 0.2) is 6.07 Å². The average Bonchev–Trinajstić information content (AvgIpc) is 2.10. The van der Waals surface area contributed by atoms with Gasteiger partial charge in [-0.2, -0.15) is 4.98 Å². The largest absolute Gasteiger partial charge is 0.457 e. The molecule has 0 bridgehead atoms. The van der Waals surface area contributed by atoms with E-state index in [1.54, 1.807) is 0 Å². The van der Waals surface area contributed by atoms with Crippen LogP contribution in [0.1, 0.15) is 31.2 Å². The summed E-state index contributed by atoms with van der Waals surface area (Å²) in [5.41, 5.74) is 2.01. The zero-order chi connectivity index (χ0) is 10.8. The summed E-state index contributed by atoms with van der Waals surface area (Å²) >= 11 is 0. The first-order valence-corrected chi connectivity index (χ1v) is 5.38. The summed E-state index contributed by atoms with van der Waals surface area (Å²) in [7, 11) is 0. The van der Waals surface area contributed by atoms with E-state index in [-0.39, 0.29) is 6.10 Å². The van der Waals surface area contributed by atoms with Gasteiger partial charge < -0.3 is 10.1 Å². The molecule has 1 aliphatic heterocycles. The first-order valence-electron chi connectivity index (χ1n) is 5.38. The summed E-state index contributed by atoms with van der Waals surface area (Å²) in [6.45, 7) is 8.01. The first-order chi connectivity index (χ1) is 7.15. The molecule has 4 nitrogen and oxygen atoms in total. The highest BCUT2D eigenvalue weighted by Gasteiger charge is 2.20. The number of aromatic nitrogens is 2. The second-order valence-corrected chi connectivity index (χ2v) is 4.27. The normalized spacial score (nSPS) is 16.5. The Hall–Kier alpha value is -1.16. The molecule has 0 aliphatic carbocycles. The second-order valence-electron chi connectivity index (χ2n) is 4.27. The standard InChI is InChI=1S/C11H17N3O/c1-7(2)10-4-8(3)13-11(14-10)15-9-5-12-6-9/h4,7,9,12H,5-6H2,1-3H3. The lowest BCUT2D eigenvalue weighted by Crippen LogP contribution is -2.50. The number of hydrogen-bond donors (Lipinski definition) is 1. The highest BCUT2D eigenvalue weighted by Crippen LogP contribution is 2.16. The fraction of sp³-hybridized carbons (Fsp3) is 0.636. The Bertz CT molecular complexity index is 348. The molecule has 1 aromatic heterocycles. The predicted molar refractivity (Wildman–Crippen MR) is 58.1 cm³/mol. The molecule has 2 heterocycles. The fourth-order valence-electron chi connectivity index (χ4n) is 1.41. The molecule has 82 valence electrons. The lowest BCUT2D eigenvalue weighted by atomic mass is 10.1. The van der Waals surface area contributed by atoms with Crippen molar-refractivity contribution in [3.05, 3.63) is 17.5 Å². The van der Waals surface area contributed by atoms with Crippen molar-refractivity contribution in [2.45, 2.75) is 32.8 Å². The van der Waals surface area contributed by atoms with Crippen LogP contribution in [0, 0.1) is 6.92 Å². The van der Waals surface area contributed by atoms with Crippen molar-refractivity contribution in [2.75, 3.05) is 13.1 Å². The van der Waals surface area contributed by atoms with Crippen molar-refractivity contribution in [3.63, 3.8) is 0 Å². The third kappa shape index (κ3) is 2.45. The first kappa shape index (κ1) is 10.4. The predicted octanol–water partition coefficient (Wildman–Crippen LogP) is 1.26. The Labute approximate surface area is 90.1 Å². The van der Waals surface area contributed by atoms with Crippen LogP contribution in [0.2, 0.25) is 0 Å². The SMILES string of the molecule is Cc1cc(C(C)C)nc(OC2CNC2)n1. The molecule has 2 rings (SSSR count). The summed E-state index contributed by atoms with van der Waals surface area (Å²) in [4.78, 5) is 8.67. The fourth-order valence-corrected chi connectivity index (χ4v) is 1.41. The minimum Gasteiger partial charge on any atom is -0.457 e. The number of nitrogens with zero attached hydrogens (tertiary/aromatic N) is 2. The van der Waals surface area contributed by atoms with Crippen molar-refractivity contribution < 1.29 is 4.74 Å². The maximum Gasteiger partial charge on any atom is 0.317 e. The van der Waals surface area contributed by atoms with Gasteiger partial charge in [0.05, 0.1) is 5.69 Å². The molecule has 0 amide bonds. The summed E-state index contributed by atoms with van der Waals surface area (Å²) in [6, 6.07) is 2.53. The van der Waals surface area contributed by atoms with E-state index in [0.717, 1.165) is 24.5 Å². The van der Waals surface area contributed by atoms with Gasteiger partial charge in [-0.15, -0.1) is 0 Å². The molecule has 1 aromatic rings. The van der Waals surface area contributed by atoms with Crippen LogP contribution < -0.4 is 10.1 Å². The molecule has 1 saturated heterocycles. The number of aryl methyl sites for hydroxylation is 1. The molecule has 0 unspecified atom stereocenters. The molecule has 4 heteroatoms. The van der Waals surface area contributed by atoms with E-state index in [1.807, 2.05) is 13.0 Å². The summed E-state index contributed by atoms with van der Waals surface area (Å²) in [6.07, 6.45) is 0.242. The Morgan fingerprint density at radius 2 is 2.13 bits per heavy atom. The van der Waals surface area contributed by atoms with Crippen LogP contribution >= 0.6 is 0 Å². The van der Waals surface area contributed by atoms with E-state index in [2.05, 4.69) is 29.1 Å². The minimum atomic E-state index is 0.242. The summed E-state index contributed by atoms with van der Waals surface area (Å²) < 4.78 is 5.64. The smallest absolute Gasteiger partial charge is 0.317 e. The zero-order valence-corrected chi connectivity index (χ0v) is 9.45. The molecule has 15 heavy (non-hydrogen) atoms. The van der Waals surface area contributed by atoms with Gasteiger partial charge in [-0.1, -0.05) is 13.8 Å². The monoisotopic (exact) mass is 207 g/mol. The molecule has 0 saturated carbocycles. The van der Waals surface area contributed by atoms with Gasteiger partial charge in [0, 0.05) is 18.8 Å². The number of nitrogens with one attached hydrogen (secondary N) is 1. The highest BCUT2D eigenvalue weighted by atomic mass is 16.5. The van der Waals surface area contributed by atoms with Crippen LogP contribution in [0.4, 0.5) is 0 Å². The maximum atomic E-state index is 5.64. The van der Waals surface area contributed by atoms with Gasteiger partial charge in [-0.25, -0.2) is 4.98 Å². The molecular formula is C11H17N3O. The molecule has 0 radical (unpaired) electrons. The Kier molecular flexibility index (Phi) is 2.86. The van der Waals surface area contributed by atoms with Crippen molar-refractivity contribution >= 4 is 0 Å². The third-order valence-electron chi connectivity index (χ3n) is 2.46. The van der Waals surface area contributed by atoms with Crippen molar-refractivity contribution in [1.82, 2.24) is 15.3 Å². The minimum absolute atomic E-state index is 0.242. The second kappa shape index (κ2) is 4.14. The van der Waals surface area contributed by atoms with Gasteiger partial charge in [0.1, 0.15) is 6.10 Å². The Morgan fingerprint density at radius 3 is 2.67 bits per heavy atom. The van der Waals surface area contributed by atoms with Gasteiger partial charge >= 0.3 is 6.01 Å². The van der Waals surface area contributed by atoms with E-state index in [1.165, 1.54) is 0 Å². The number of hydrogen-bond acceptors (Lipinski definition) is 4. The summed E-state index contributed by atoms with van der Waals surface area (Å²) in [5.74, 6) is 0.411. The lowest BCUT2D eigenvalue weighted by Gasteiger charge is -2.26. The van der Waals surface area contributed by atoms with Gasteiger partial charge in [-0.05, 0) is 18.9 Å². The van der Waals surface area contributed by atoms with Gasteiger partial charge in [-0.3, -0.25) is 0 Å². The average molecular weight is 207 g/mol. The van der Waals surface area contributed by atoms with E-state index in [0.29, 0.717) is 11.9 Å². The molecule has 1 fully saturated rings. The molecule has 0 aromatic carbocycles. The van der Waals surface area contributed by atoms with Gasteiger partial charge in [0.25, 0.3) is 0 Å². The van der Waals surface area contributed by atoms with E-state index >= 15 is 0 Å². The van der Waals surface area contributed by atoms with E-state index in [4.69, 9.17) is 4.74 Å². The maximum absolute atomic E-state index is 5.64. The zero-order valence-electron chi connectivity index (χ0n) is 9.45. The molecular weight excluding hydrogens is 190 g/mol. The van der Waals surface area contributed by atoms with Gasteiger partial charge in [0.2, 0.25) is 0 Å². The lowest BCUT2D eigenvalue weighted by molar-refractivity contribution is 0.129. The molecule has 1 N–H and O–H groups in total. The topological polar surface area (TPSA) is 47.0 Å². The molecule has 0 atom stereocenters. The summed E-state index contributed by atoms with van der Waals surface area (Å²) in [5, 5.41) is 3.15.